The molecule has 9 nitrogen and oxygen atoms in total. The number of unbranched alkanes of at least 4 members (excludes halogenated alkanes) is 20. The summed E-state index contributed by atoms with van der Waals surface area (Å²) in [6.07, 6.45) is 31.0. The minimum Gasteiger partial charge on any atom is -0.756 e. The Hall–Kier alpha value is -1.25. The van der Waals surface area contributed by atoms with Gasteiger partial charge in [0, 0.05) is 12.8 Å². The number of carbonyl (C=O) groups is 2. The highest BCUT2D eigenvalue weighted by Crippen LogP contribution is 2.38. The van der Waals surface area contributed by atoms with Crippen molar-refractivity contribution in [3.8, 4) is 0 Å². The Kier molecular flexibility index (Phi) is 31.8. The summed E-state index contributed by atoms with van der Waals surface area (Å²) in [6, 6.07) is 0. The normalized spacial score (nSPS) is 13.8. The Morgan fingerprint density at radius 1 is 0.612 bits per heavy atom. The minimum absolute atomic E-state index is 0.0298. The van der Waals surface area contributed by atoms with E-state index in [1.54, 1.807) is 0 Å². The number of nitrogens with zero attached hydrogens (tertiary/aromatic N) is 1. The maximum atomic E-state index is 12.6. The summed E-state index contributed by atoms with van der Waals surface area (Å²) in [4.78, 5) is 37.3. The van der Waals surface area contributed by atoms with Gasteiger partial charge in [-0.1, -0.05) is 135 Å². The molecule has 2 unspecified atom stereocenters. The lowest BCUT2D eigenvalue weighted by molar-refractivity contribution is -0.870. The molecule has 0 aliphatic heterocycles. The predicted molar refractivity (Wildman–Crippen MR) is 199 cm³/mol. The van der Waals surface area contributed by atoms with Crippen molar-refractivity contribution in [1.29, 1.82) is 0 Å². The van der Waals surface area contributed by atoms with Gasteiger partial charge in [0.05, 0.1) is 27.7 Å². The lowest BCUT2D eigenvalue weighted by Gasteiger charge is -2.28. The van der Waals surface area contributed by atoms with Crippen LogP contribution in [0, 0.1) is 0 Å². The highest BCUT2D eigenvalue weighted by molar-refractivity contribution is 7.45. The highest BCUT2D eigenvalue weighted by atomic mass is 31.2. The molecule has 290 valence electrons. The molecule has 0 N–H and O–H groups in total. The number of hydrogen-bond donors (Lipinski definition) is 0. The van der Waals surface area contributed by atoms with Crippen LogP contribution < -0.4 is 4.89 Å². The van der Waals surface area contributed by atoms with E-state index >= 15 is 0 Å². The van der Waals surface area contributed by atoms with E-state index in [4.69, 9.17) is 18.5 Å². The number of phosphoric ester groups is 1. The molecular weight excluding hydrogens is 641 g/mol. The standard InChI is InChI=1S/C39H76NO8P/c1-6-8-10-12-14-16-17-18-19-20-21-22-24-26-28-30-32-39(42)48-37(36-47-49(43,44)46-34-33-40(3,4)5)35-45-38(41)31-29-27-25-23-15-13-11-9-7-2/h19-20,37H,6-18,21-36H2,1-5H3/b20-19-. The van der Waals surface area contributed by atoms with Gasteiger partial charge < -0.3 is 27.9 Å². The van der Waals surface area contributed by atoms with Gasteiger partial charge in [-0.15, -0.1) is 0 Å². The lowest BCUT2D eigenvalue weighted by atomic mass is 10.1. The van der Waals surface area contributed by atoms with Gasteiger partial charge in [-0.3, -0.25) is 14.2 Å². The number of quaternary nitrogens is 1. The van der Waals surface area contributed by atoms with Crippen LogP contribution in [0.1, 0.15) is 174 Å². The van der Waals surface area contributed by atoms with Crippen LogP contribution in [0.4, 0.5) is 0 Å². The summed E-state index contributed by atoms with van der Waals surface area (Å²) in [5.41, 5.74) is 0. The van der Waals surface area contributed by atoms with Crippen molar-refractivity contribution < 1.29 is 42.1 Å². The summed E-state index contributed by atoms with van der Waals surface area (Å²) in [6.45, 7) is 4.19. The summed E-state index contributed by atoms with van der Waals surface area (Å²) in [5, 5.41) is 0. The zero-order valence-corrected chi connectivity index (χ0v) is 33.3. The van der Waals surface area contributed by atoms with Crippen molar-refractivity contribution in [3.05, 3.63) is 12.2 Å². The van der Waals surface area contributed by atoms with Crippen LogP contribution in [0.3, 0.4) is 0 Å². The molecule has 0 aromatic rings. The predicted octanol–water partition coefficient (Wildman–Crippen LogP) is 10.00. The molecular formula is C39H76NO8P. The molecule has 0 saturated carbocycles. The number of likely N-dealkylation sites (N-methyl/N-ethyl adjacent to an activating group) is 1. The van der Waals surface area contributed by atoms with Crippen molar-refractivity contribution in [2.75, 3.05) is 47.5 Å². The third kappa shape index (κ3) is 36.3. The molecule has 0 radical (unpaired) electrons. The molecule has 0 bridgehead atoms. The topological polar surface area (TPSA) is 111 Å². The smallest absolute Gasteiger partial charge is 0.306 e. The van der Waals surface area contributed by atoms with Crippen LogP contribution in [-0.2, 0) is 32.7 Å². The number of phosphoric acid groups is 1. The zero-order valence-electron chi connectivity index (χ0n) is 32.4. The molecule has 0 rings (SSSR count). The second-order valence-corrected chi connectivity index (χ2v) is 16.1. The van der Waals surface area contributed by atoms with Crippen molar-refractivity contribution in [3.63, 3.8) is 0 Å². The first-order valence-corrected chi connectivity index (χ1v) is 21.4. The fraction of sp³-hybridized carbons (Fsp3) is 0.897. The lowest BCUT2D eigenvalue weighted by Crippen LogP contribution is -2.37. The summed E-state index contributed by atoms with van der Waals surface area (Å²) >= 11 is 0. The van der Waals surface area contributed by atoms with Gasteiger partial charge in [-0.05, 0) is 38.5 Å². The summed E-state index contributed by atoms with van der Waals surface area (Å²) in [7, 11) is 1.16. The van der Waals surface area contributed by atoms with E-state index in [1.807, 2.05) is 21.1 Å². The molecule has 0 saturated heterocycles. The Bertz CT molecular complexity index is 860. The molecule has 49 heavy (non-hydrogen) atoms. The molecule has 0 spiro atoms. The van der Waals surface area contributed by atoms with Crippen molar-refractivity contribution in [1.82, 2.24) is 0 Å². The number of esters is 2. The van der Waals surface area contributed by atoms with Crippen LogP contribution in [-0.4, -0.2) is 70.0 Å². The number of allylic oxidation sites excluding steroid dienone is 2. The van der Waals surface area contributed by atoms with Crippen LogP contribution in [0.5, 0.6) is 0 Å². The molecule has 0 aromatic heterocycles. The molecule has 0 amide bonds. The molecule has 2 atom stereocenters. The maximum absolute atomic E-state index is 12.6. The van der Waals surface area contributed by atoms with E-state index in [9.17, 15) is 19.0 Å². The Morgan fingerprint density at radius 3 is 1.51 bits per heavy atom. The first-order chi connectivity index (χ1) is 23.5. The molecule has 0 aromatic carbocycles. The number of hydrogen-bond acceptors (Lipinski definition) is 8. The average molecular weight is 718 g/mol. The molecule has 0 heterocycles. The maximum Gasteiger partial charge on any atom is 0.306 e. The average Bonchev–Trinajstić information content (AvgIpc) is 3.04. The van der Waals surface area contributed by atoms with E-state index in [-0.39, 0.29) is 32.0 Å². The summed E-state index contributed by atoms with van der Waals surface area (Å²) in [5.74, 6) is -0.843. The van der Waals surface area contributed by atoms with Gasteiger partial charge in [-0.25, -0.2) is 0 Å². The molecule has 10 heteroatoms. The molecule has 0 fully saturated rings. The monoisotopic (exact) mass is 718 g/mol. The first kappa shape index (κ1) is 47.8. The number of rotatable bonds is 36. The minimum atomic E-state index is -4.61. The second kappa shape index (κ2) is 32.6. The first-order valence-electron chi connectivity index (χ1n) is 19.9. The molecule has 0 aliphatic carbocycles. The SMILES string of the molecule is CCCCCCCCC/C=C\CCCCCCCC(=O)OC(COC(=O)CCCCCCCCCCC)COP(=O)([O-])OCC[N+](C)(C)C. The van der Waals surface area contributed by atoms with Crippen molar-refractivity contribution >= 4 is 19.8 Å². The van der Waals surface area contributed by atoms with E-state index < -0.39 is 26.5 Å². The van der Waals surface area contributed by atoms with Gasteiger partial charge in [0.1, 0.15) is 19.8 Å². The second-order valence-electron chi connectivity index (χ2n) is 14.7. The fourth-order valence-electron chi connectivity index (χ4n) is 5.35. The Morgan fingerprint density at radius 2 is 1.04 bits per heavy atom. The van der Waals surface area contributed by atoms with Gasteiger partial charge in [0.15, 0.2) is 6.10 Å². The number of carbonyl (C=O) groups excluding carboxylic acids is 2. The highest BCUT2D eigenvalue weighted by Gasteiger charge is 2.21. The third-order valence-electron chi connectivity index (χ3n) is 8.54. The summed E-state index contributed by atoms with van der Waals surface area (Å²) < 4.78 is 33.7. The molecule has 0 aliphatic rings. The van der Waals surface area contributed by atoms with Gasteiger partial charge in [0.2, 0.25) is 0 Å². The largest absolute Gasteiger partial charge is 0.756 e. The van der Waals surface area contributed by atoms with E-state index in [2.05, 4.69) is 26.0 Å². The van der Waals surface area contributed by atoms with Gasteiger partial charge >= 0.3 is 11.9 Å². The number of ether oxygens (including phenoxy) is 2. The van der Waals surface area contributed by atoms with E-state index in [0.717, 1.165) is 51.4 Å². The quantitative estimate of drug-likeness (QED) is 0.0207. The third-order valence-corrected chi connectivity index (χ3v) is 9.50. The van der Waals surface area contributed by atoms with Crippen molar-refractivity contribution in [2.45, 2.75) is 180 Å². The van der Waals surface area contributed by atoms with E-state index in [0.29, 0.717) is 17.4 Å². The zero-order chi connectivity index (χ0) is 36.5. The van der Waals surface area contributed by atoms with Crippen LogP contribution in [0.25, 0.3) is 0 Å². The van der Waals surface area contributed by atoms with Gasteiger partial charge in [-0.2, -0.15) is 0 Å². The van der Waals surface area contributed by atoms with Crippen molar-refractivity contribution in [2.24, 2.45) is 0 Å². The van der Waals surface area contributed by atoms with Gasteiger partial charge in [0.25, 0.3) is 7.82 Å². The van der Waals surface area contributed by atoms with Crippen LogP contribution >= 0.6 is 7.82 Å². The Balaban J connectivity index is 4.39. The van der Waals surface area contributed by atoms with Crippen LogP contribution in [0.2, 0.25) is 0 Å². The Labute approximate surface area is 301 Å². The van der Waals surface area contributed by atoms with E-state index in [1.165, 1.54) is 89.9 Å². The fourth-order valence-corrected chi connectivity index (χ4v) is 6.08. The van der Waals surface area contributed by atoms with Crippen LogP contribution in [0.15, 0.2) is 12.2 Å².